The van der Waals surface area contributed by atoms with E-state index >= 15 is 0 Å². The minimum Gasteiger partial charge on any atom is -0.402 e. The van der Waals surface area contributed by atoms with E-state index in [1.807, 2.05) is 37.3 Å². The van der Waals surface area contributed by atoms with Crippen molar-refractivity contribution in [2.45, 2.75) is 32.2 Å². The van der Waals surface area contributed by atoms with Crippen molar-refractivity contribution in [3.63, 3.8) is 0 Å². The van der Waals surface area contributed by atoms with Crippen LogP contribution in [0.5, 0.6) is 0 Å². The van der Waals surface area contributed by atoms with Gasteiger partial charge >= 0.3 is 0 Å². The van der Waals surface area contributed by atoms with Gasteiger partial charge in [0.2, 0.25) is 0 Å². The summed E-state index contributed by atoms with van der Waals surface area (Å²) in [4.78, 5) is 0. The molecule has 0 aromatic heterocycles. The second kappa shape index (κ2) is 18.0. The normalized spacial score (nSPS) is 18.8. The summed E-state index contributed by atoms with van der Waals surface area (Å²) in [5.74, 6) is 0. The number of fused-ring (bicyclic) bond motifs is 1. The standard InChI is InChI=1S/C47H46N2/c1-3-5-6-11-20-37-21-12-8-7-9-15-24-47(49)45(17-4-2)44-31-30-41(35-43(44)33-37)39-28-26-38(27-29-39)40-22-16-23-42(34-40)46(48)32-25-36-18-13-10-14-19-36/h3-14,16-23,25-32,34-35,46H,1,15,24,33,48-49H2,2H3/b6-5-,9-7-,12-8-,17-4?,20-11-,32-25-,37-21-,47-45+. The van der Waals surface area contributed by atoms with Crippen LogP contribution in [0.1, 0.15) is 48.1 Å². The highest BCUT2D eigenvalue weighted by Gasteiger charge is 2.13. The number of allylic oxidation sites excluding steroid dienone is 15. The predicted octanol–water partition coefficient (Wildman–Crippen LogP) is 11.7. The van der Waals surface area contributed by atoms with Crippen LogP contribution in [0.3, 0.4) is 0 Å². The smallest absolute Gasteiger partial charge is 0.0484 e. The van der Waals surface area contributed by atoms with E-state index < -0.39 is 0 Å². The van der Waals surface area contributed by atoms with Gasteiger partial charge in [-0.2, -0.15) is 0 Å². The fourth-order valence-corrected chi connectivity index (χ4v) is 5.90. The maximum atomic E-state index is 6.76. The summed E-state index contributed by atoms with van der Waals surface area (Å²) in [6.07, 6.45) is 31.4. The Labute approximate surface area is 292 Å². The number of benzene rings is 4. The van der Waals surface area contributed by atoms with Crippen molar-refractivity contribution in [2.75, 3.05) is 0 Å². The van der Waals surface area contributed by atoms with Crippen molar-refractivity contribution in [3.8, 4) is 22.3 Å². The van der Waals surface area contributed by atoms with E-state index in [0.29, 0.717) is 0 Å². The Bertz CT molecular complexity index is 1960. The van der Waals surface area contributed by atoms with Crippen LogP contribution >= 0.6 is 0 Å². The van der Waals surface area contributed by atoms with Gasteiger partial charge in [-0.05, 0) is 82.3 Å². The lowest BCUT2D eigenvalue weighted by Crippen LogP contribution is -2.06. The summed E-state index contributed by atoms with van der Waals surface area (Å²) < 4.78 is 0. The largest absolute Gasteiger partial charge is 0.402 e. The van der Waals surface area contributed by atoms with Gasteiger partial charge in [0.25, 0.3) is 0 Å². The van der Waals surface area contributed by atoms with Crippen molar-refractivity contribution in [1.29, 1.82) is 0 Å². The van der Waals surface area contributed by atoms with Gasteiger partial charge in [0, 0.05) is 17.3 Å². The molecule has 2 nitrogen and oxygen atoms in total. The van der Waals surface area contributed by atoms with Gasteiger partial charge in [-0.25, -0.2) is 0 Å². The highest BCUT2D eigenvalue weighted by Crippen LogP contribution is 2.32. The molecule has 0 fully saturated rings. The lowest BCUT2D eigenvalue weighted by atomic mass is 9.89. The summed E-state index contributed by atoms with van der Waals surface area (Å²) >= 11 is 0. The van der Waals surface area contributed by atoms with Crippen LogP contribution in [0.2, 0.25) is 0 Å². The summed E-state index contributed by atoms with van der Waals surface area (Å²) in [6.45, 7) is 5.84. The Morgan fingerprint density at radius 2 is 1.47 bits per heavy atom. The van der Waals surface area contributed by atoms with Crippen molar-refractivity contribution in [1.82, 2.24) is 0 Å². The molecule has 0 amide bonds. The molecule has 1 aliphatic rings. The third-order valence-corrected chi connectivity index (χ3v) is 8.51. The van der Waals surface area contributed by atoms with E-state index in [4.69, 9.17) is 11.5 Å². The minimum absolute atomic E-state index is 0.191. The van der Waals surface area contributed by atoms with Gasteiger partial charge in [0.05, 0.1) is 0 Å². The second-order valence-electron chi connectivity index (χ2n) is 12.1. The molecule has 0 radical (unpaired) electrons. The Balaban J connectivity index is 1.47. The zero-order valence-corrected chi connectivity index (χ0v) is 28.4. The lowest BCUT2D eigenvalue weighted by Gasteiger charge is -2.17. The van der Waals surface area contributed by atoms with Gasteiger partial charge in [-0.1, -0.05) is 183 Å². The molecule has 4 aromatic rings. The van der Waals surface area contributed by atoms with Crippen LogP contribution in [0.15, 0.2) is 194 Å². The van der Waals surface area contributed by atoms with Crippen LogP contribution < -0.4 is 11.5 Å². The van der Waals surface area contributed by atoms with Gasteiger partial charge in [-0.15, -0.1) is 0 Å². The van der Waals surface area contributed by atoms with Crippen LogP contribution in [0.25, 0.3) is 33.9 Å². The topological polar surface area (TPSA) is 52.0 Å². The van der Waals surface area contributed by atoms with Crippen LogP contribution in [-0.4, -0.2) is 0 Å². The highest BCUT2D eigenvalue weighted by atomic mass is 14.6. The van der Waals surface area contributed by atoms with Crippen molar-refractivity contribution >= 4 is 11.6 Å². The molecule has 1 unspecified atom stereocenters. The lowest BCUT2D eigenvalue weighted by molar-refractivity contribution is 0.916. The van der Waals surface area contributed by atoms with Gasteiger partial charge in [0.1, 0.15) is 0 Å². The highest BCUT2D eigenvalue weighted by molar-refractivity contribution is 5.81. The molecule has 0 spiro atoms. The van der Waals surface area contributed by atoms with E-state index in [1.54, 1.807) is 6.08 Å². The zero-order chi connectivity index (χ0) is 34.3. The van der Waals surface area contributed by atoms with Gasteiger partial charge < -0.3 is 11.5 Å². The molecule has 4 N–H and O–H groups in total. The van der Waals surface area contributed by atoms with Gasteiger partial charge in [0.15, 0.2) is 0 Å². The average molecular weight is 639 g/mol. The van der Waals surface area contributed by atoms with E-state index in [-0.39, 0.29) is 6.04 Å². The molecule has 5 rings (SSSR count). The van der Waals surface area contributed by atoms with Crippen molar-refractivity contribution in [3.05, 3.63) is 216 Å². The van der Waals surface area contributed by atoms with Crippen molar-refractivity contribution in [2.24, 2.45) is 11.5 Å². The molecule has 0 saturated carbocycles. The zero-order valence-electron chi connectivity index (χ0n) is 28.4. The van der Waals surface area contributed by atoms with Gasteiger partial charge in [-0.3, -0.25) is 0 Å². The first-order valence-electron chi connectivity index (χ1n) is 17.0. The van der Waals surface area contributed by atoms with E-state index in [1.165, 1.54) is 22.3 Å². The molecule has 49 heavy (non-hydrogen) atoms. The molecule has 0 bridgehead atoms. The molecule has 244 valence electrons. The molecule has 0 aliphatic heterocycles. The summed E-state index contributed by atoms with van der Waals surface area (Å²) in [5, 5.41) is 0. The maximum absolute atomic E-state index is 6.76. The monoisotopic (exact) mass is 638 g/mol. The van der Waals surface area contributed by atoms with Crippen LogP contribution in [0.4, 0.5) is 0 Å². The number of nitrogens with two attached hydrogens (primary N) is 2. The Kier molecular flexibility index (Phi) is 12.7. The summed E-state index contributed by atoms with van der Waals surface area (Å²) in [7, 11) is 0. The Morgan fingerprint density at radius 3 is 2.22 bits per heavy atom. The number of hydrogen-bond acceptors (Lipinski definition) is 2. The first-order chi connectivity index (χ1) is 24.1. The summed E-state index contributed by atoms with van der Waals surface area (Å²) in [5.41, 5.74) is 25.8. The van der Waals surface area contributed by atoms with E-state index in [2.05, 4.69) is 152 Å². The fraction of sp³-hybridized carbons (Fsp3) is 0.106. The quantitative estimate of drug-likeness (QED) is 0.179. The molecule has 0 heterocycles. The minimum atomic E-state index is -0.191. The molecule has 4 aromatic carbocycles. The maximum Gasteiger partial charge on any atom is 0.0484 e. The van der Waals surface area contributed by atoms with Crippen LogP contribution in [0, 0.1) is 0 Å². The van der Waals surface area contributed by atoms with E-state index in [9.17, 15) is 0 Å². The molecule has 0 saturated heterocycles. The third-order valence-electron chi connectivity index (χ3n) is 8.51. The Morgan fingerprint density at radius 1 is 0.714 bits per heavy atom. The van der Waals surface area contributed by atoms with Crippen LogP contribution in [-0.2, 0) is 6.42 Å². The SMILES string of the molecule is C=C\C=C/C=C\C1=C\C=C/C=C\CC/C(N)=C(/C=CC)c2ccc(-c3ccc(-c4cccc(C(N)/C=C\c5ccccc5)c4)cc3)cc2C1. The average Bonchev–Trinajstić information content (AvgIpc) is 3.15. The van der Waals surface area contributed by atoms with Crippen molar-refractivity contribution < 1.29 is 0 Å². The molecule has 2 heteroatoms. The van der Waals surface area contributed by atoms with E-state index in [0.717, 1.165) is 58.3 Å². The molecule has 1 atom stereocenters. The first kappa shape index (κ1) is 34.6. The fourth-order valence-electron chi connectivity index (χ4n) is 5.90. The first-order valence-corrected chi connectivity index (χ1v) is 17.0. The third kappa shape index (κ3) is 9.90. The predicted molar refractivity (Wildman–Crippen MR) is 213 cm³/mol. The summed E-state index contributed by atoms with van der Waals surface area (Å²) in [6, 6.07) is 34.2. The molecule has 1 aliphatic carbocycles. The molecular weight excluding hydrogens is 593 g/mol. The number of rotatable bonds is 9. The Hall–Kier alpha value is -5.70. The second-order valence-corrected chi connectivity index (χ2v) is 12.1. The number of hydrogen-bond donors (Lipinski definition) is 2. The molecular formula is C47H46N2.